The van der Waals surface area contributed by atoms with Gasteiger partial charge in [0.1, 0.15) is 11.8 Å². The molecule has 32 heavy (non-hydrogen) atoms. The number of hydrogen-bond acceptors (Lipinski definition) is 11. The van der Waals surface area contributed by atoms with E-state index in [2.05, 4.69) is 28.1 Å². The molecule has 0 radical (unpaired) electrons. The van der Waals surface area contributed by atoms with E-state index >= 15 is 0 Å². The summed E-state index contributed by atoms with van der Waals surface area (Å²) in [4.78, 5) is 47.7. The lowest BCUT2D eigenvalue weighted by atomic mass is 9.66. The molecule has 1 aliphatic rings. The Morgan fingerprint density at radius 1 is 1.12 bits per heavy atom. The molecule has 0 saturated heterocycles. The van der Waals surface area contributed by atoms with Gasteiger partial charge in [0.15, 0.2) is 11.5 Å². The standard InChI is InChI=1S/C12H17FN5O11P3/c13-1-6-8(3-27-31(23,24)29-32(25,26)28-30(20,21)22)7(2-19)10(6)18-5-17-9-11(14)15-4-16-12(9)18/h1,4-5,7-8,10,19H,2-3H2,(H,23,24)(H,25,26)(H2,14,15,16)(H2,20,21,22)/b6-1+/t7-,8+,10-/m0/s1. The average Bonchev–Trinajstić information content (AvgIpc) is 3.03. The van der Waals surface area contributed by atoms with E-state index in [9.17, 15) is 33.0 Å². The molecular formula is C12H17FN5O11P3. The van der Waals surface area contributed by atoms with Crippen molar-refractivity contribution in [1.82, 2.24) is 19.5 Å². The van der Waals surface area contributed by atoms with E-state index in [0.29, 0.717) is 0 Å². The molecule has 0 spiro atoms. The number of aliphatic hydroxyl groups is 1. The highest BCUT2D eigenvalue weighted by atomic mass is 31.3. The fraction of sp³-hybridized carbons (Fsp3) is 0.417. The number of hydrogen-bond donors (Lipinski definition) is 6. The number of phosphoric acid groups is 3. The number of fused-ring (bicyclic) bond motifs is 1. The number of imidazole rings is 1. The van der Waals surface area contributed by atoms with Crippen molar-refractivity contribution in [2.45, 2.75) is 6.04 Å². The zero-order valence-corrected chi connectivity index (χ0v) is 18.3. The van der Waals surface area contributed by atoms with Crippen molar-refractivity contribution in [1.29, 1.82) is 0 Å². The van der Waals surface area contributed by atoms with Gasteiger partial charge in [-0.15, -0.1) is 0 Å². The Labute approximate surface area is 178 Å². The van der Waals surface area contributed by atoms with Crippen LogP contribution < -0.4 is 5.73 Å². The van der Waals surface area contributed by atoms with Crippen molar-refractivity contribution in [3.8, 4) is 0 Å². The van der Waals surface area contributed by atoms with Crippen LogP contribution in [0.25, 0.3) is 11.2 Å². The van der Waals surface area contributed by atoms with E-state index in [-0.39, 0.29) is 28.9 Å². The Balaban J connectivity index is 1.75. The molecule has 7 N–H and O–H groups in total. The number of halogens is 1. The molecule has 2 unspecified atom stereocenters. The second-order valence-corrected chi connectivity index (χ2v) is 10.9. The second kappa shape index (κ2) is 8.97. The number of nitrogen functional groups attached to an aromatic ring is 1. The molecule has 0 bridgehead atoms. The van der Waals surface area contributed by atoms with Crippen LogP contribution in [0.5, 0.6) is 0 Å². The van der Waals surface area contributed by atoms with Gasteiger partial charge in [0.2, 0.25) is 0 Å². The smallest absolute Gasteiger partial charge is 0.396 e. The van der Waals surface area contributed by atoms with Gasteiger partial charge in [-0.05, 0) is 5.57 Å². The predicted molar refractivity (Wildman–Crippen MR) is 102 cm³/mol. The van der Waals surface area contributed by atoms with Gasteiger partial charge in [0, 0.05) is 18.4 Å². The van der Waals surface area contributed by atoms with Crippen LogP contribution in [0.2, 0.25) is 0 Å². The zero-order valence-electron chi connectivity index (χ0n) is 15.6. The van der Waals surface area contributed by atoms with Crippen molar-refractivity contribution in [2.24, 2.45) is 11.8 Å². The Morgan fingerprint density at radius 3 is 2.41 bits per heavy atom. The highest BCUT2D eigenvalue weighted by Gasteiger charge is 2.49. The molecule has 0 aliphatic heterocycles. The maximum absolute atomic E-state index is 13.7. The summed E-state index contributed by atoms with van der Waals surface area (Å²) in [6, 6.07) is -0.821. The highest BCUT2D eigenvalue weighted by Crippen LogP contribution is 2.66. The van der Waals surface area contributed by atoms with Crippen LogP contribution in [0.1, 0.15) is 6.04 Å². The summed E-state index contributed by atoms with van der Waals surface area (Å²) in [7, 11) is -16.6. The van der Waals surface area contributed by atoms with Crippen LogP contribution in [0.3, 0.4) is 0 Å². The summed E-state index contributed by atoms with van der Waals surface area (Å²) in [6.07, 6.45) is 2.65. The highest BCUT2D eigenvalue weighted by molar-refractivity contribution is 7.66. The van der Waals surface area contributed by atoms with E-state index in [1.165, 1.54) is 10.9 Å². The largest absolute Gasteiger partial charge is 0.490 e. The van der Waals surface area contributed by atoms with Crippen molar-refractivity contribution in [3.05, 3.63) is 24.6 Å². The molecule has 3 rings (SSSR count). The lowest BCUT2D eigenvalue weighted by molar-refractivity contribution is 0.0476. The molecule has 16 nitrogen and oxygen atoms in total. The normalized spacial score (nSPS) is 26.6. The maximum Gasteiger partial charge on any atom is 0.490 e. The fourth-order valence-electron chi connectivity index (χ4n) is 3.33. The minimum absolute atomic E-state index is 0.000757. The molecule has 178 valence electrons. The van der Waals surface area contributed by atoms with E-state index in [0.717, 1.165) is 6.33 Å². The van der Waals surface area contributed by atoms with Crippen LogP contribution in [0.4, 0.5) is 10.2 Å². The van der Waals surface area contributed by atoms with E-state index in [4.69, 9.17) is 15.5 Å². The third kappa shape index (κ3) is 5.30. The lowest BCUT2D eigenvalue weighted by Gasteiger charge is -2.46. The summed E-state index contributed by atoms with van der Waals surface area (Å²) in [6.45, 7) is -1.31. The second-order valence-electron chi connectivity index (χ2n) is 6.48. The molecule has 0 aromatic carbocycles. The fourth-order valence-corrected chi connectivity index (χ4v) is 6.37. The van der Waals surface area contributed by atoms with E-state index in [1.54, 1.807) is 0 Å². The Bertz CT molecular complexity index is 1180. The van der Waals surface area contributed by atoms with Gasteiger partial charge >= 0.3 is 23.5 Å². The van der Waals surface area contributed by atoms with Crippen molar-refractivity contribution in [2.75, 3.05) is 18.9 Å². The van der Waals surface area contributed by atoms with Crippen LogP contribution in [0.15, 0.2) is 24.6 Å². The molecular weight excluding hydrogens is 502 g/mol. The molecule has 1 saturated carbocycles. The SMILES string of the molecule is Nc1ncnc2c1ncn2[C@H]1/C(=C/F)[C@@H](COP(=O)(O)OP(=O)(O)OP(=O)(O)O)[C@@H]1CO. The summed E-state index contributed by atoms with van der Waals surface area (Å²) in [5.74, 6) is -1.70. The van der Waals surface area contributed by atoms with Gasteiger partial charge in [-0.1, -0.05) is 0 Å². The first kappa shape index (κ1) is 25.0. The maximum atomic E-state index is 13.7. The van der Waals surface area contributed by atoms with Gasteiger partial charge in [-0.3, -0.25) is 4.52 Å². The van der Waals surface area contributed by atoms with Crippen LogP contribution in [-0.4, -0.2) is 57.4 Å². The first-order chi connectivity index (χ1) is 14.8. The summed E-state index contributed by atoms with van der Waals surface area (Å²) in [5, 5.41) is 9.76. The molecule has 1 aliphatic carbocycles. The monoisotopic (exact) mass is 519 g/mol. The first-order valence-electron chi connectivity index (χ1n) is 8.41. The molecule has 2 aromatic heterocycles. The minimum atomic E-state index is -5.69. The van der Waals surface area contributed by atoms with Gasteiger partial charge < -0.3 is 35.0 Å². The number of phosphoric ester groups is 1. The third-order valence-corrected chi connectivity index (χ3v) is 8.35. The van der Waals surface area contributed by atoms with Gasteiger partial charge in [-0.25, -0.2) is 33.0 Å². The lowest BCUT2D eigenvalue weighted by Crippen LogP contribution is -2.45. The molecule has 0 amide bonds. The van der Waals surface area contributed by atoms with Crippen LogP contribution in [-0.2, 0) is 26.8 Å². The minimum Gasteiger partial charge on any atom is -0.396 e. The quantitative estimate of drug-likeness (QED) is 0.245. The Hall–Kier alpha value is -1.61. The molecule has 1 fully saturated rings. The van der Waals surface area contributed by atoms with Crippen molar-refractivity contribution < 1.29 is 55.9 Å². The summed E-state index contributed by atoms with van der Waals surface area (Å²) in [5.41, 5.74) is 6.19. The zero-order chi connectivity index (χ0) is 23.9. The number of anilines is 1. The Morgan fingerprint density at radius 2 is 1.81 bits per heavy atom. The van der Waals surface area contributed by atoms with Gasteiger partial charge in [0.25, 0.3) is 0 Å². The van der Waals surface area contributed by atoms with Crippen molar-refractivity contribution in [3.63, 3.8) is 0 Å². The topological polar surface area (TPSA) is 250 Å². The first-order valence-corrected chi connectivity index (χ1v) is 12.9. The van der Waals surface area contributed by atoms with Crippen LogP contribution in [0, 0.1) is 11.8 Å². The van der Waals surface area contributed by atoms with E-state index in [1.807, 2.05) is 0 Å². The van der Waals surface area contributed by atoms with Gasteiger partial charge in [0.05, 0.1) is 25.3 Å². The average molecular weight is 519 g/mol. The van der Waals surface area contributed by atoms with Gasteiger partial charge in [-0.2, -0.15) is 8.62 Å². The number of aromatic nitrogens is 4. The number of nitrogens with two attached hydrogens (primary N) is 1. The Kier molecular flexibility index (Phi) is 7.01. The van der Waals surface area contributed by atoms with E-state index < -0.39 is 54.6 Å². The number of rotatable bonds is 9. The van der Waals surface area contributed by atoms with Crippen LogP contribution >= 0.6 is 23.5 Å². The number of nitrogens with zero attached hydrogens (tertiary/aromatic N) is 4. The summed E-state index contributed by atoms with van der Waals surface area (Å²) >= 11 is 0. The summed E-state index contributed by atoms with van der Waals surface area (Å²) < 4.78 is 60.8. The predicted octanol–water partition coefficient (Wildman–Crippen LogP) is 0.385. The molecule has 20 heteroatoms. The van der Waals surface area contributed by atoms with Crippen molar-refractivity contribution >= 4 is 40.4 Å². The number of aliphatic hydroxyl groups excluding tert-OH is 1. The molecule has 2 heterocycles. The molecule has 2 aromatic rings. The third-order valence-electron chi connectivity index (χ3n) is 4.55. The molecule has 5 atom stereocenters.